The predicted octanol–water partition coefficient (Wildman–Crippen LogP) is 1.47. The Labute approximate surface area is 164 Å². The molecular weight excluding hydrogens is 358 g/mol. The molecule has 0 radical (unpaired) electrons. The molecule has 1 atom stereocenters. The highest BCUT2D eigenvalue weighted by atomic mass is 16.5. The fraction of sp³-hybridized carbons (Fsp3) is 0.450. The molecule has 2 saturated heterocycles. The molecule has 0 aliphatic carbocycles. The van der Waals surface area contributed by atoms with Crippen molar-refractivity contribution in [2.75, 3.05) is 50.1 Å². The van der Waals surface area contributed by atoms with Gasteiger partial charge in [-0.05, 0) is 25.0 Å². The van der Waals surface area contributed by atoms with Crippen LogP contribution in [0.25, 0.3) is 11.3 Å². The first-order chi connectivity index (χ1) is 13.7. The molecule has 2 aliphatic rings. The van der Waals surface area contributed by atoms with Crippen LogP contribution in [0.15, 0.2) is 30.3 Å². The average Bonchev–Trinajstić information content (AvgIpc) is 3.26. The molecule has 2 aromatic rings. The summed E-state index contributed by atoms with van der Waals surface area (Å²) in [6.07, 6.45) is 2.19. The number of benzene rings is 1. The number of aromatic nitrogens is 2. The van der Waals surface area contributed by atoms with Crippen LogP contribution in [0.5, 0.6) is 0 Å². The zero-order valence-corrected chi connectivity index (χ0v) is 15.8. The van der Waals surface area contributed by atoms with Gasteiger partial charge in [-0.15, -0.1) is 0 Å². The minimum absolute atomic E-state index is 0.0988. The van der Waals surface area contributed by atoms with Gasteiger partial charge in [0.05, 0.1) is 25.0 Å². The number of ether oxygens (including phenoxy) is 2. The number of carbonyl (C=O) groups is 1. The largest absolute Gasteiger partial charge is 0.384 e. The Morgan fingerprint density at radius 3 is 2.68 bits per heavy atom. The Morgan fingerprint density at radius 2 is 1.96 bits per heavy atom. The van der Waals surface area contributed by atoms with Crippen molar-refractivity contribution in [3.63, 3.8) is 0 Å². The maximum absolute atomic E-state index is 12.3. The van der Waals surface area contributed by atoms with Gasteiger partial charge in [-0.1, -0.05) is 12.1 Å². The third-order valence-corrected chi connectivity index (χ3v) is 4.99. The summed E-state index contributed by atoms with van der Waals surface area (Å²) in [5.41, 5.74) is 8.23. The molecule has 3 heterocycles. The van der Waals surface area contributed by atoms with Gasteiger partial charge in [-0.2, -0.15) is 4.98 Å². The van der Waals surface area contributed by atoms with Crippen LogP contribution >= 0.6 is 0 Å². The lowest BCUT2D eigenvalue weighted by Gasteiger charge is -2.27. The summed E-state index contributed by atoms with van der Waals surface area (Å²) in [4.78, 5) is 23.4. The van der Waals surface area contributed by atoms with E-state index in [-0.39, 0.29) is 12.0 Å². The van der Waals surface area contributed by atoms with Crippen molar-refractivity contribution in [1.29, 1.82) is 0 Å². The smallest absolute Gasteiger partial charge is 0.251 e. The van der Waals surface area contributed by atoms with Gasteiger partial charge in [0.15, 0.2) is 0 Å². The summed E-state index contributed by atoms with van der Waals surface area (Å²) in [5.74, 6) is 0.930. The van der Waals surface area contributed by atoms with Crippen molar-refractivity contribution in [1.82, 2.24) is 15.3 Å². The van der Waals surface area contributed by atoms with Gasteiger partial charge in [0.2, 0.25) is 5.95 Å². The molecule has 3 N–H and O–H groups in total. The minimum Gasteiger partial charge on any atom is -0.384 e. The van der Waals surface area contributed by atoms with Crippen molar-refractivity contribution in [2.24, 2.45) is 0 Å². The Morgan fingerprint density at radius 1 is 1.18 bits per heavy atom. The number of nitrogens with zero attached hydrogens (tertiary/aromatic N) is 3. The number of anilines is 2. The first kappa shape index (κ1) is 18.6. The SMILES string of the molecule is Nc1cc(-c2ccc(C(=O)NC[C@H]3CCCO3)cc2)nc(N2CCOCC2)n1. The van der Waals surface area contributed by atoms with Crippen molar-refractivity contribution >= 4 is 17.7 Å². The number of amides is 1. The number of carbonyl (C=O) groups excluding carboxylic acids is 1. The number of nitrogens with one attached hydrogen (secondary N) is 1. The minimum atomic E-state index is -0.0988. The van der Waals surface area contributed by atoms with Gasteiger partial charge in [-0.3, -0.25) is 4.79 Å². The highest BCUT2D eigenvalue weighted by Crippen LogP contribution is 2.23. The Balaban J connectivity index is 1.45. The quantitative estimate of drug-likeness (QED) is 0.806. The van der Waals surface area contributed by atoms with Crippen LogP contribution in [0.2, 0.25) is 0 Å². The zero-order valence-electron chi connectivity index (χ0n) is 15.8. The number of morpholine rings is 1. The fourth-order valence-corrected chi connectivity index (χ4v) is 3.41. The maximum Gasteiger partial charge on any atom is 0.251 e. The average molecular weight is 383 g/mol. The first-order valence-corrected chi connectivity index (χ1v) is 9.66. The summed E-state index contributed by atoms with van der Waals surface area (Å²) in [6, 6.07) is 9.11. The molecule has 0 bridgehead atoms. The van der Waals surface area contributed by atoms with Crippen LogP contribution < -0.4 is 16.0 Å². The highest BCUT2D eigenvalue weighted by molar-refractivity contribution is 5.94. The van der Waals surface area contributed by atoms with E-state index in [1.807, 2.05) is 12.1 Å². The van der Waals surface area contributed by atoms with Crippen molar-refractivity contribution in [3.05, 3.63) is 35.9 Å². The Kier molecular flexibility index (Phi) is 5.68. The second-order valence-electron chi connectivity index (χ2n) is 7.00. The van der Waals surface area contributed by atoms with Gasteiger partial charge in [-0.25, -0.2) is 4.98 Å². The standard InChI is InChI=1S/C20H25N5O3/c21-18-12-17(23-20(24-18)25-7-10-27-11-8-25)14-3-5-15(6-4-14)19(26)22-13-16-2-1-9-28-16/h3-6,12,16H,1-2,7-11,13H2,(H,22,26)(H2,21,23,24)/t16-/m1/s1. The van der Waals surface area contributed by atoms with Crippen molar-refractivity contribution in [3.8, 4) is 11.3 Å². The van der Waals surface area contributed by atoms with E-state index in [0.29, 0.717) is 37.1 Å². The number of hydrogen-bond donors (Lipinski definition) is 2. The number of hydrogen-bond acceptors (Lipinski definition) is 7. The predicted molar refractivity (Wildman–Crippen MR) is 106 cm³/mol. The maximum atomic E-state index is 12.3. The zero-order chi connectivity index (χ0) is 19.3. The second-order valence-corrected chi connectivity index (χ2v) is 7.00. The summed E-state index contributed by atoms with van der Waals surface area (Å²) >= 11 is 0. The van der Waals surface area contributed by atoms with Crippen LogP contribution in [-0.2, 0) is 9.47 Å². The van der Waals surface area contributed by atoms with Gasteiger partial charge in [0, 0.05) is 43.4 Å². The lowest BCUT2D eigenvalue weighted by atomic mass is 10.1. The molecule has 28 heavy (non-hydrogen) atoms. The molecule has 8 heteroatoms. The molecule has 2 fully saturated rings. The Hall–Kier alpha value is -2.71. The van der Waals surface area contributed by atoms with Crippen LogP contribution in [0.3, 0.4) is 0 Å². The van der Waals surface area contributed by atoms with Crippen LogP contribution in [-0.4, -0.2) is 61.4 Å². The Bertz CT molecular complexity index is 815. The van der Waals surface area contributed by atoms with Crippen LogP contribution in [0.4, 0.5) is 11.8 Å². The van der Waals surface area contributed by atoms with Crippen molar-refractivity contribution < 1.29 is 14.3 Å². The monoisotopic (exact) mass is 383 g/mol. The van der Waals surface area contributed by atoms with E-state index in [4.69, 9.17) is 15.2 Å². The molecular formula is C20H25N5O3. The van der Waals surface area contributed by atoms with E-state index in [0.717, 1.165) is 43.8 Å². The van der Waals surface area contributed by atoms with Gasteiger partial charge < -0.3 is 25.4 Å². The lowest BCUT2D eigenvalue weighted by Crippen LogP contribution is -2.37. The molecule has 1 amide bonds. The third-order valence-electron chi connectivity index (χ3n) is 4.99. The van der Waals surface area contributed by atoms with E-state index in [2.05, 4.69) is 20.2 Å². The van der Waals surface area contributed by atoms with E-state index in [1.165, 1.54) is 0 Å². The van der Waals surface area contributed by atoms with Crippen LogP contribution in [0, 0.1) is 0 Å². The molecule has 2 aliphatic heterocycles. The molecule has 0 spiro atoms. The van der Waals surface area contributed by atoms with Gasteiger partial charge in [0.1, 0.15) is 5.82 Å². The van der Waals surface area contributed by atoms with E-state index >= 15 is 0 Å². The van der Waals surface area contributed by atoms with Gasteiger partial charge in [0.25, 0.3) is 5.91 Å². The molecule has 148 valence electrons. The molecule has 1 aromatic carbocycles. The number of rotatable bonds is 5. The summed E-state index contributed by atoms with van der Waals surface area (Å²) in [5, 5.41) is 2.93. The number of nitrogens with two attached hydrogens (primary N) is 1. The normalized spacial score (nSPS) is 19.6. The molecule has 0 saturated carbocycles. The van der Waals surface area contributed by atoms with E-state index in [9.17, 15) is 4.79 Å². The molecule has 4 rings (SSSR count). The summed E-state index contributed by atoms with van der Waals surface area (Å²) in [7, 11) is 0. The van der Waals surface area contributed by atoms with E-state index in [1.54, 1.807) is 18.2 Å². The van der Waals surface area contributed by atoms with Crippen molar-refractivity contribution in [2.45, 2.75) is 18.9 Å². The summed E-state index contributed by atoms with van der Waals surface area (Å²) < 4.78 is 10.9. The van der Waals surface area contributed by atoms with E-state index < -0.39 is 0 Å². The third kappa shape index (κ3) is 4.40. The number of nitrogen functional groups attached to an aromatic ring is 1. The molecule has 8 nitrogen and oxygen atoms in total. The fourth-order valence-electron chi connectivity index (χ4n) is 3.41. The molecule has 1 aromatic heterocycles. The topological polar surface area (TPSA) is 103 Å². The molecule has 0 unspecified atom stereocenters. The lowest BCUT2D eigenvalue weighted by molar-refractivity contribution is 0.0858. The summed E-state index contributed by atoms with van der Waals surface area (Å²) in [6.45, 7) is 4.13. The van der Waals surface area contributed by atoms with Gasteiger partial charge >= 0.3 is 0 Å². The highest BCUT2D eigenvalue weighted by Gasteiger charge is 2.18. The first-order valence-electron chi connectivity index (χ1n) is 9.66. The second kappa shape index (κ2) is 8.53. The van der Waals surface area contributed by atoms with Crippen LogP contribution in [0.1, 0.15) is 23.2 Å².